The number of fused-ring (bicyclic) bond motifs is 5. The van der Waals surface area contributed by atoms with Gasteiger partial charge in [0.05, 0.1) is 11.8 Å². The summed E-state index contributed by atoms with van der Waals surface area (Å²) in [5, 5.41) is 61.5. The van der Waals surface area contributed by atoms with Crippen molar-refractivity contribution >= 4 is 124 Å². The van der Waals surface area contributed by atoms with E-state index in [-0.39, 0.29) is 186 Å². The third-order valence-corrected chi connectivity index (χ3v) is 24.9. The largest absolute Gasteiger partial charge is 0.445 e. The number of hydrogen-bond acceptors (Lipinski definition) is 21. The molecule has 4 aliphatic carbocycles. The van der Waals surface area contributed by atoms with Gasteiger partial charge in [0, 0.05) is 94.0 Å². The monoisotopic (exact) mass is 1700 g/mol. The SMILES string of the molecule is CC(CCCNC(=N)N)C(=O)NC(CCCNC(=N)N)C(=O)NC(CCCNC(=N)N)C(=O)NC(CCCNC(=N)N)C(=O)NC(CSC1CC(=O)N(CCCCCC(=O)NC(Cc2ccccc2)C(=O)N[C@@H](CCCCN)C(=O)Nc2ccc(COC(=O)NCC(=O)C3CC[C@H]4C5CCC6=CC(=O)CCC6(C)[C@H]5C(=O)CC34C)cc2)C1=O)C(N)=O. The Morgan fingerprint density at radius 3 is 1.67 bits per heavy atom. The molecule has 0 radical (unpaired) electrons. The van der Waals surface area contributed by atoms with Crippen LogP contribution in [0.3, 0.4) is 0 Å². The van der Waals surface area contributed by atoms with Crippen LogP contribution in [0.15, 0.2) is 66.2 Å². The lowest BCUT2D eigenvalue weighted by Gasteiger charge is -2.56. The third kappa shape index (κ3) is 29.9. The average Bonchev–Trinajstić information content (AvgIpc) is 1.65. The Balaban J connectivity index is 0.880. The van der Waals surface area contributed by atoms with Crippen LogP contribution in [0.1, 0.15) is 180 Å². The Bertz CT molecular complexity index is 4080. The fraction of sp³-hybridized carbons (Fsp3) is 0.610. The molecule has 2 aromatic rings. The van der Waals surface area contributed by atoms with E-state index in [4.69, 9.17) is 60.8 Å². The first-order chi connectivity index (χ1) is 57.6. The third-order valence-electron chi connectivity index (χ3n) is 23.6. The van der Waals surface area contributed by atoms with Crippen molar-refractivity contribution < 1.29 is 71.9 Å². The number of likely N-dealkylation sites (tertiary alicyclic amines) is 1. The molecule has 4 fully saturated rings. The van der Waals surface area contributed by atoms with E-state index < -0.39 is 124 Å². The van der Waals surface area contributed by atoms with Crippen LogP contribution < -0.4 is 98.2 Å². The summed E-state index contributed by atoms with van der Waals surface area (Å²) in [5.74, 6) is -9.05. The standard InChI is InChI=1S/C82H125N23O15S/c1-47(16-12-35-93-76(85)86)69(112)100-57(20-13-36-94-77(87)88)71(114)101-58(21-14-37-95-78(89)90)72(115)102-59(22-15-38-96-79(91)92)73(116)104-61(68(84)111)46-121-64-42-66(110)105(75(64)118)39-11-5-8-23-65(109)99-60(40-48-17-6-4-7-18-48)74(117)103-56(19-9-10-34-83)70(113)98-51-27-24-49(25-28-51)45-120-80(119)97-44-63(108)55-31-30-54-53-29-26-50-41-52(106)32-33-81(50,2)67(53)62(107)43-82(54,55)3/h4,6-7,17-18,24-25,27-28,41,47,53-61,64,67H,5,8-16,19-23,26,29-40,42-46,83H2,1-3H3,(H2,84,111)(H,97,119)(H,98,113)(H,99,109)(H,100,112)(H,101,114)(H,102,115)(H,103,117)(H,104,116)(H4,85,86,93)(H4,87,88,94)(H4,89,90,95)(H4,91,92,96)/t47?,53?,54-,55?,56-,57?,58?,59?,60?,61?,64?,67+,81?,82?/m0/s1. The molecule has 5 aliphatic rings. The van der Waals surface area contributed by atoms with E-state index in [1.165, 1.54) is 0 Å². The average molecular weight is 1710 g/mol. The zero-order valence-electron chi connectivity index (χ0n) is 69.5. The summed E-state index contributed by atoms with van der Waals surface area (Å²) >= 11 is 0.904. The van der Waals surface area contributed by atoms with Gasteiger partial charge >= 0.3 is 6.09 Å². The molecule has 664 valence electrons. The molecule has 11 amide bonds. The molecule has 39 heteroatoms. The highest BCUT2D eigenvalue weighted by Gasteiger charge is 2.63. The Morgan fingerprint density at radius 1 is 0.570 bits per heavy atom. The quantitative estimate of drug-likeness (QED) is 0.0187. The Hall–Kier alpha value is -11.3. The maximum Gasteiger partial charge on any atom is 0.407 e. The summed E-state index contributed by atoms with van der Waals surface area (Å²) in [5.41, 5.74) is 35.4. The van der Waals surface area contributed by atoms with E-state index in [9.17, 15) is 67.1 Å². The van der Waals surface area contributed by atoms with Crippen molar-refractivity contribution in [2.45, 2.75) is 223 Å². The van der Waals surface area contributed by atoms with Crippen LogP contribution in [0.5, 0.6) is 0 Å². The van der Waals surface area contributed by atoms with Crippen LogP contribution in [0.25, 0.3) is 0 Å². The number of carbonyl (C=O) groups is 14. The molecule has 2 aromatic carbocycles. The fourth-order valence-electron chi connectivity index (χ4n) is 17.1. The first-order valence-electron chi connectivity index (χ1n) is 41.8. The minimum atomic E-state index is -1.45. The maximum atomic E-state index is 14.4. The normalized spacial score (nSPS) is 21.3. The summed E-state index contributed by atoms with van der Waals surface area (Å²) in [6.07, 6.45) is 8.49. The fourth-order valence-corrected chi connectivity index (χ4v) is 18.3. The molecular weight excluding hydrogens is 1580 g/mol. The number of carbonyl (C=O) groups excluding carboxylic acids is 14. The molecule has 28 N–H and O–H groups in total. The van der Waals surface area contributed by atoms with Gasteiger partial charge in [-0.3, -0.25) is 88.9 Å². The van der Waals surface area contributed by atoms with Crippen LogP contribution >= 0.6 is 11.8 Å². The van der Waals surface area contributed by atoms with Crippen molar-refractivity contribution in [3.05, 3.63) is 77.4 Å². The number of guanidine groups is 4. The van der Waals surface area contributed by atoms with Crippen LogP contribution in [-0.4, -0.2) is 204 Å². The molecule has 3 saturated carbocycles. The van der Waals surface area contributed by atoms with Gasteiger partial charge in [0.2, 0.25) is 59.1 Å². The molecule has 1 aliphatic heterocycles. The zero-order chi connectivity index (χ0) is 88.5. The Kier molecular flexibility index (Phi) is 38.2. The number of Topliss-reactive ketones (excluding diaryl/α,β-unsaturated/α-hetero) is 2. The molecule has 0 aromatic heterocycles. The summed E-state index contributed by atoms with van der Waals surface area (Å²) in [7, 11) is 0. The van der Waals surface area contributed by atoms with Crippen molar-refractivity contribution in [1.82, 2.24) is 63.4 Å². The molecule has 121 heavy (non-hydrogen) atoms. The second-order valence-electron chi connectivity index (χ2n) is 32.6. The highest BCUT2D eigenvalue weighted by molar-refractivity contribution is 8.00. The van der Waals surface area contributed by atoms with Gasteiger partial charge < -0.3 is 103 Å². The molecule has 0 spiro atoms. The number of imide groups is 1. The predicted octanol–water partition coefficient (Wildman–Crippen LogP) is 0.624. The number of unbranched alkanes of at least 4 members (excludes halogenated alkanes) is 3. The first-order valence-corrected chi connectivity index (χ1v) is 42.9. The molecular formula is C82H125N23O15S. The molecule has 1 heterocycles. The minimum Gasteiger partial charge on any atom is -0.445 e. The number of anilines is 1. The molecule has 7 rings (SSSR count). The summed E-state index contributed by atoms with van der Waals surface area (Å²) in [4.78, 5) is 193. The lowest BCUT2D eigenvalue weighted by Crippen LogP contribution is -2.58. The summed E-state index contributed by atoms with van der Waals surface area (Å²) < 4.78 is 5.49. The van der Waals surface area contributed by atoms with Gasteiger partial charge in [0.1, 0.15) is 48.6 Å². The van der Waals surface area contributed by atoms with Gasteiger partial charge in [0.15, 0.2) is 35.4 Å². The number of allylic oxidation sites excluding steroid dienone is 1. The maximum absolute atomic E-state index is 14.4. The number of alkyl carbamates (subject to hydrolysis) is 1. The zero-order valence-corrected chi connectivity index (χ0v) is 70.3. The summed E-state index contributed by atoms with van der Waals surface area (Å²) in [6.45, 7) is 6.39. The number of primary amides is 1. The number of benzene rings is 2. The number of rotatable bonds is 50. The van der Waals surface area contributed by atoms with Crippen LogP contribution in [-0.2, 0) is 80.1 Å². The van der Waals surface area contributed by atoms with Crippen LogP contribution in [0, 0.1) is 62.1 Å². The minimum absolute atomic E-state index is 0.00872. The van der Waals surface area contributed by atoms with E-state index in [0.29, 0.717) is 82.1 Å². The van der Waals surface area contributed by atoms with Crippen molar-refractivity contribution in [2.75, 3.05) is 56.9 Å². The second-order valence-corrected chi connectivity index (χ2v) is 33.8. The smallest absolute Gasteiger partial charge is 0.407 e. The molecule has 1 saturated heterocycles. The van der Waals surface area contributed by atoms with Crippen LogP contribution in [0.4, 0.5) is 10.5 Å². The van der Waals surface area contributed by atoms with E-state index in [1.54, 1.807) is 67.6 Å². The number of nitrogens with zero attached hydrogens (tertiary/aromatic N) is 1. The van der Waals surface area contributed by atoms with Gasteiger partial charge in [0.25, 0.3) is 0 Å². The molecule has 0 bridgehead atoms. The Morgan fingerprint density at radius 2 is 1.11 bits per heavy atom. The van der Waals surface area contributed by atoms with E-state index in [0.717, 1.165) is 47.1 Å². The highest BCUT2D eigenvalue weighted by Crippen LogP contribution is 2.65. The van der Waals surface area contributed by atoms with Crippen LogP contribution in [0.2, 0.25) is 0 Å². The van der Waals surface area contributed by atoms with Crippen molar-refractivity contribution in [3.63, 3.8) is 0 Å². The molecule has 14 atom stereocenters. The lowest BCUT2D eigenvalue weighted by molar-refractivity contribution is -0.148. The summed E-state index contributed by atoms with van der Waals surface area (Å²) in [6, 6.07) is 7.82. The Labute approximate surface area is 709 Å². The number of ketones is 3. The number of amides is 11. The van der Waals surface area contributed by atoms with Gasteiger partial charge in [-0.05, 0) is 174 Å². The molecule has 38 nitrogen and oxygen atoms in total. The van der Waals surface area contributed by atoms with Crippen molar-refractivity contribution in [1.29, 1.82) is 21.6 Å². The number of hydrogen-bond donors (Lipinski definition) is 22. The van der Waals surface area contributed by atoms with Gasteiger partial charge in [-0.15, -0.1) is 11.8 Å². The first kappa shape index (κ1) is 96.9. The van der Waals surface area contributed by atoms with Crippen molar-refractivity contribution in [2.24, 2.45) is 74.8 Å². The lowest BCUT2D eigenvalue weighted by atomic mass is 9.46. The van der Waals surface area contributed by atoms with Gasteiger partial charge in [-0.2, -0.15) is 0 Å². The van der Waals surface area contributed by atoms with E-state index in [1.807, 2.05) is 0 Å². The predicted molar refractivity (Wildman–Crippen MR) is 455 cm³/mol. The number of thioether (sulfide) groups is 1. The topological polar surface area (TPSA) is 647 Å². The van der Waals surface area contributed by atoms with Gasteiger partial charge in [-0.25, -0.2) is 4.79 Å². The number of ether oxygens (including phenoxy) is 1. The van der Waals surface area contributed by atoms with Crippen molar-refractivity contribution in [3.8, 4) is 0 Å². The highest BCUT2D eigenvalue weighted by atomic mass is 32.2. The van der Waals surface area contributed by atoms with E-state index in [2.05, 4.69) is 77.6 Å². The number of nitrogens with one attached hydrogen (secondary N) is 16. The second kappa shape index (κ2) is 47.7. The van der Waals surface area contributed by atoms with E-state index >= 15 is 0 Å². The molecule has 11 unspecified atom stereocenters. The number of nitrogens with two attached hydrogens (primary N) is 6. The van der Waals surface area contributed by atoms with Gasteiger partial charge in [-0.1, -0.05) is 75.2 Å².